The smallest absolute Gasteiger partial charge is 0.326 e. The third-order valence-electron chi connectivity index (χ3n) is 2.27. The number of carbonyl (C=O) groups is 3. The van der Waals surface area contributed by atoms with Crippen LogP contribution in [0.4, 0.5) is 10.7 Å². The Hall–Kier alpha value is -2.91. The third-order valence-corrected chi connectivity index (χ3v) is 2.27. The van der Waals surface area contributed by atoms with Gasteiger partial charge in [0.2, 0.25) is 17.7 Å². The van der Waals surface area contributed by atoms with E-state index in [1.54, 1.807) is 13.0 Å². The summed E-state index contributed by atoms with van der Waals surface area (Å²) in [6.45, 7) is 1.67. The highest BCUT2D eigenvalue weighted by Crippen LogP contribution is 2.10. The largest absolute Gasteiger partial charge is 0.481 e. The molecule has 0 radical (unpaired) electrons. The van der Waals surface area contributed by atoms with Gasteiger partial charge >= 0.3 is 12.0 Å². The zero-order valence-corrected chi connectivity index (χ0v) is 11.4. The van der Waals surface area contributed by atoms with E-state index < -0.39 is 30.4 Å². The van der Waals surface area contributed by atoms with Crippen molar-refractivity contribution in [2.24, 2.45) is 5.73 Å². The Bertz CT molecular complexity index is 562. The van der Waals surface area contributed by atoms with Crippen LogP contribution in [0, 0.1) is 6.92 Å². The van der Waals surface area contributed by atoms with Gasteiger partial charge in [-0.2, -0.15) is 4.98 Å². The van der Waals surface area contributed by atoms with Crippen LogP contribution in [0.3, 0.4) is 0 Å². The second-order valence-electron chi connectivity index (χ2n) is 4.04. The Labute approximate surface area is 119 Å². The van der Waals surface area contributed by atoms with E-state index in [0.717, 1.165) is 0 Å². The highest BCUT2D eigenvalue weighted by molar-refractivity contribution is 5.92. The fourth-order valence-electron chi connectivity index (χ4n) is 1.40. The van der Waals surface area contributed by atoms with Gasteiger partial charge in [-0.1, -0.05) is 0 Å². The average Bonchev–Trinajstić information content (AvgIpc) is 2.36. The topological polar surface area (TPSA) is 157 Å². The fourth-order valence-corrected chi connectivity index (χ4v) is 1.40. The van der Waals surface area contributed by atoms with Crippen molar-refractivity contribution in [3.63, 3.8) is 0 Å². The number of urea groups is 1. The lowest BCUT2D eigenvalue weighted by Gasteiger charge is -2.13. The number of nitrogens with two attached hydrogens (primary N) is 1. The Morgan fingerprint density at radius 3 is 2.62 bits per heavy atom. The number of hydrogen-bond acceptors (Lipinski definition) is 6. The molecule has 0 unspecified atom stereocenters. The summed E-state index contributed by atoms with van der Waals surface area (Å²) in [6, 6.07) is -0.763. The molecule has 21 heavy (non-hydrogen) atoms. The molecule has 10 nitrogen and oxygen atoms in total. The van der Waals surface area contributed by atoms with Crippen LogP contribution in [0.1, 0.15) is 12.1 Å². The van der Waals surface area contributed by atoms with E-state index >= 15 is 0 Å². The molecule has 1 atom stereocenters. The molecule has 114 valence electrons. The number of methoxy groups -OCH3 is 1. The molecule has 0 saturated carbocycles. The van der Waals surface area contributed by atoms with Crippen LogP contribution >= 0.6 is 0 Å². The molecule has 0 saturated heterocycles. The zero-order valence-electron chi connectivity index (χ0n) is 11.4. The molecule has 0 aromatic carbocycles. The number of carbonyl (C=O) groups excluding carboxylic acids is 2. The molecule has 1 rings (SSSR count). The first kappa shape index (κ1) is 16.1. The number of ether oxygens (including phenoxy) is 1. The molecule has 1 heterocycles. The van der Waals surface area contributed by atoms with E-state index in [4.69, 9.17) is 15.6 Å². The van der Waals surface area contributed by atoms with Crippen LogP contribution in [0.5, 0.6) is 5.88 Å². The molecule has 1 aromatic heterocycles. The average molecular weight is 297 g/mol. The number of rotatable bonds is 6. The van der Waals surface area contributed by atoms with Gasteiger partial charge < -0.3 is 20.9 Å². The highest BCUT2D eigenvalue weighted by Gasteiger charge is 2.22. The molecule has 3 amide bonds. The van der Waals surface area contributed by atoms with E-state index in [1.807, 2.05) is 0 Å². The van der Waals surface area contributed by atoms with E-state index in [1.165, 1.54) is 7.11 Å². The number of hydrogen-bond donors (Lipinski definition) is 4. The number of nitrogens with one attached hydrogen (secondary N) is 2. The summed E-state index contributed by atoms with van der Waals surface area (Å²) in [7, 11) is 1.40. The minimum absolute atomic E-state index is 0.0624. The second-order valence-corrected chi connectivity index (χ2v) is 4.04. The van der Waals surface area contributed by atoms with Gasteiger partial charge in [-0.15, -0.1) is 0 Å². The van der Waals surface area contributed by atoms with E-state index in [9.17, 15) is 14.4 Å². The van der Waals surface area contributed by atoms with Gasteiger partial charge in [-0.3, -0.25) is 10.1 Å². The predicted molar refractivity (Wildman–Crippen MR) is 70.7 cm³/mol. The number of primary amides is 1. The SMILES string of the molecule is COc1cc(C)nc(NC(=O)N[C@H](CC(N)=O)C(=O)O)n1. The number of nitrogens with zero attached hydrogens (tertiary/aromatic N) is 2. The molecule has 0 bridgehead atoms. The van der Waals surface area contributed by atoms with Crippen molar-refractivity contribution in [2.45, 2.75) is 19.4 Å². The number of aryl methyl sites for hydroxylation is 1. The molecule has 0 aliphatic heterocycles. The summed E-state index contributed by atoms with van der Waals surface area (Å²) < 4.78 is 4.91. The highest BCUT2D eigenvalue weighted by atomic mass is 16.5. The maximum absolute atomic E-state index is 11.7. The maximum Gasteiger partial charge on any atom is 0.326 e. The third kappa shape index (κ3) is 5.30. The van der Waals surface area contributed by atoms with E-state index in [2.05, 4.69) is 20.6 Å². The molecular formula is C11H15N5O5. The Morgan fingerprint density at radius 2 is 2.10 bits per heavy atom. The molecule has 1 aromatic rings. The summed E-state index contributed by atoms with van der Waals surface area (Å²) in [5.74, 6) is -2.06. The number of amides is 3. The molecule has 0 fully saturated rings. The quantitative estimate of drug-likeness (QED) is 0.537. The minimum Gasteiger partial charge on any atom is -0.481 e. The first-order chi connectivity index (χ1) is 9.81. The molecule has 0 spiro atoms. The van der Waals surface area contributed by atoms with Crippen molar-refractivity contribution in [3.05, 3.63) is 11.8 Å². The molecule has 10 heteroatoms. The minimum atomic E-state index is -1.44. The Kier molecular flexibility index (Phi) is 5.40. The van der Waals surface area contributed by atoms with Crippen LogP contribution < -0.4 is 21.1 Å². The molecular weight excluding hydrogens is 282 g/mol. The second kappa shape index (κ2) is 7.03. The predicted octanol–water partition coefficient (Wildman–Crippen LogP) is -0.756. The standard InChI is InChI=1S/C11H15N5O5/c1-5-3-8(21-2)15-10(13-5)16-11(20)14-6(9(18)19)4-7(12)17/h3,6H,4H2,1-2H3,(H2,12,17)(H,18,19)(H2,13,14,15,16,20)/t6-/m1/s1. The van der Waals surface area contributed by atoms with Gasteiger partial charge in [-0.25, -0.2) is 14.6 Å². The molecule has 5 N–H and O–H groups in total. The number of anilines is 1. The fraction of sp³-hybridized carbons (Fsp3) is 0.364. The lowest BCUT2D eigenvalue weighted by Crippen LogP contribution is -2.45. The van der Waals surface area contributed by atoms with Crippen LogP contribution in [-0.2, 0) is 9.59 Å². The van der Waals surface area contributed by atoms with Crippen LogP contribution in [0.25, 0.3) is 0 Å². The summed E-state index contributed by atoms with van der Waals surface area (Å²) in [5, 5.41) is 13.2. The van der Waals surface area contributed by atoms with Crippen molar-refractivity contribution in [1.82, 2.24) is 15.3 Å². The Balaban J connectivity index is 2.74. The van der Waals surface area contributed by atoms with Crippen molar-refractivity contribution in [3.8, 4) is 5.88 Å². The first-order valence-electron chi connectivity index (χ1n) is 5.80. The lowest BCUT2D eigenvalue weighted by atomic mass is 10.2. The molecule has 0 aliphatic rings. The number of aliphatic carboxylic acids is 1. The summed E-state index contributed by atoms with van der Waals surface area (Å²) in [5.41, 5.74) is 5.45. The summed E-state index contributed by atoms with van der Waals surface area (Å²) >= 11 is 0. The van der Waals surface area contributed by atoms with Crippen molar-refractivity contribution in [1.29, 1.82) is 0 Å². The van der Waals surface area contributed by atoms with Crippen LogP contribution in [-0.4, -0.2) is 46.1 Å². The van der Waals surface area contributed by atoms with Gasteiger partial charge in [0.05, 0.1) is 13.5 Å². The number of carboxylic acids is 1. The van der Waals surface area contributed by atoms with Crippen molar-refractivity contribution >= 4 is 23.9 Å². The van der Waals surface area contributed by atoms with Gasteiger partial charge in [-0.05, 0) is 6.92 Å². The normalized spacial score (nSPS) is 11.3. The van der Waals surface area contributed by atoms with Gasteiger partial charge in [0.15, 0.2) is 0 Å². The van der Waals surface area contributed by atoms with Crippen molar-refractivity contribution in [2.75, 3.05) is 12.4 Å². The maximum atomic E-state index is 11.7. The Morgan fingerprint density at radius 1 is 1.43 bits per heavy atom. The first-order valence-corrected chi connectivity index (χ1v) is 5.80. The zero-order chi connectivity index (χ0) is 16.0. The summed E-state index contributed by atoms with van der Waals surface area (Å²) in [6.07, 6.45) is -0.527. The molecule has 0 aliphatic carbocycles. The van der Waals surface area contributed by atoms with E-state index in [-0.39, 0.29) is 11.8 Å². The lowest BCUT2D eigenvalue weighted by molar-refractivity contribution is -0.140. The van der Waals surface area contributed by atoms with Crippen LogP contribution in [0.15, 0.2) is 6.07 Å². The van der Waals surface area contributed by atoms with E-state index in [0.29, 0.717) is 5.69 Å². The van der Waals surface area contributed by atoms with Crippen LogP contribution in [0.2, 0.25) is 0 Å². The van der Waals surface area contributed by atoms with Gasteiger partial charge in [0.1, 0.15) is 6.04 Å². The van der Waals surface area contributed by atoms with Gasteiger partial charge in [0.25, 0.3) is 0 Å². The van der Waals surface area contributed by atoms with Gasteiger partial charge in [0, 0.05) is 11.8 Å². The monoisotopic (exact) mass is 297 g/mol. The number of carboxylic acid groups (broad SMARTS) is 1. The number of aromatic nitrogens is 2. The summed E-state index contributed by atoms with van der Waals surface area (Å²) in [4.78, 5) is 41.1. The van der Waals surface area contributed by atoms with Crippen molar-refractivity contribution < 1.29 is 24.2 Å².